The molecular formula is C24H29BFN2O3. The Labute approximate surface area is 183 Å². The maximum absolute atomic E-state index is 14.7. The molecule has 1 amide bonds. The average Bonchev–Trinajstić information content (AvgIpc) is 3.18. The van der Waals surface area contributed by atoms with Gasteiger partial charge in [0.1, 0.15) is 11.5 Å². The van der Waals surface area contributed by atoms with Crippen LogP contribution in [0.4, 0.5) is 10.1 Å². The van der Waals surface area contributed by atoms with Crippen molar-refractivity contribution in [3.8, 4) is 0 Å². The van der Waals surface area contributed by atoms with Crippen molar-refractivity contribution < 1.29 is 18.5 Å². The van der Waals surface area contributed by atoms with Crippen molar-refractivity contribution in [2.24, 2.45) is 0 Å². The van der Waals surface area contributed by atoms with E-state index in [0.29, 0.717) is 35.5 Å². The molecule has 1 aromatic heterocycles. The van der Waals surface area contributed by atoms with Gasteiger partial charge in [0.15, 0.2) is 0 Å². The van der Waals surface area contributed by atoms with Gasteiger partial charge in [-0.25, -0.2) is 4.39 Å². The van der Waals surface area contributed by atoms with Crippen LogP contribution in [0.5, 0.6) is 0 Å². The molecule has 1 fully saturated rings. The van der Waals surface area contributed by atoms with Crippen LogP contribution in [0, 0.1) is 12.7 Å². The Morgan fingerprint density at radius 1 is 1.03 bits per heavy atom. The van der Waals surface area contributed by atoms with E-state index in [1.54, 1.807) is 4.90 Å². The molecule has 0 spiro atoms. The van der Waals surface area contributed by atoms with E-state index in [4.69, 9.17) is 9.31 Å². The Bertz CT molecular complexity index is 1060. The molecule has 1 radical (unpaired) electrons. The minimum atomic E-state index is -0.733. The molecule has 31 heavy (non-hydrogen) atoms. The molecule has 5 rings (SSSR count). The molecule has 2 aromatic rings. The van der Waals surface area contributed by atoms with Crippen molar-refractivity contribution in [2.75, 3.05) is 11.4 Å². The Hall–Kier alpha value is -2.12. The van der Waals surface area contributed by atoms with E-state index >= 15 is 0 Å². The third kappa shape index (κ3) is 3.16. The fourth-order valence-corrected chi connectivity index (χ4v) is 4.93. The smallest absolute Gasteiger partial charge is 0.399 e. The monoisotopic (exact) mass is 423 g/mol. The number of amides is 1. The maximum atomic E-state index is 14.7. The van der Waals surface area contributed by atoms with E-state index in [2.05, 4.69) is 11.5 Å². The summed E-state index contributed by atoms with van der Waals surface area (Å²) in [4.78, 5) is 15.1. The molecule has 0 bridgehead atoms. The molecule has 0 saturated carbocycles. The van der Waals surface area contributed by atoms with Crippen LogP contribution in [0.3, 0.4) is 0 Å². The fraction of sp³-hybridized carbons (Fsp3) is 0.500. The quantitative estimate of drug-likeness (QED) is 0.693. The predicted octanol–water partition coefficient (Wildman–Crippen LogP) is 3.65. The molecule has 1 aromatic carbocycles. The molecule has 7 heteroatoms. The number of fused-ring (bicyclic) bond motifs is 3. The number of nitrogens with zero attached hydrogens (tertiary/aromatic N) is 2. The third-order valence-electron chi connectivity index (χ3n) is 7.44. The summed E-state index contributed by atoms with van der Waals surface area (Å²) in [6, 6.07) is 4.83. The maximum Gasteiger partial charge on any atom is 0.495 e. The molecule has 2 aliphatic heterocycles. The molecule has 3 aliphatic rings. The van der Waals surface area contributed by atoms with Crippen LogP contribution in [0.15, 0.2) is 18.2 Å². The van der Waals surface area contributed by atoms with Gasteiger partial charge in [0.25, 0.3) is 5.91 Å². The van der Waals surface area contributed by atoms with Gasteiger partial charge in [0.2, 0.25) is 0 Å². The molecular weight excluding hydrogens is 394 g/mol. The normalized spacial score (nSPS) is 21.9. The summed E-state index contributed by atoms with van der Waals surface area (Å²) in [5.74, 6) is -0.531. The van der Waals surface area contributed by atoms with Gasteiger partial charge in [-0.15, -0.1) is 0 Å². The van der Waals surface area contributed by atoms with E-state index in [1.165, 1.54) is 36.2 Å². The first-order chi connectivity index (χ1) is 14.6. The molecule has 3 heterocycles. The second-order valence-electron chi connectivity index (χ2n) is 9.90. The first-order valence-corrected chi connectivity index (χ1v) is 11.1. The van der Waals surface area contributed by atoms with E-state index in [0.717, 1.165) is 12.8 Å². The van der Waals surface area contributed by atoms with Crippen molar-refractivity contribution in [2.45, 2.75) is 71.1 Å². The molecule has 0 unspecified atom stereocenters. The second-order valence-corrected chi connectivity index (χ2v) is 9.90. The Morgan fingerprint density at radius 3 is 2.42 bits per heavy atom. The molecule has 0 atom stereocenters. The summed E-state index contributed by atoms with van der Waals surface area (Å²) in [5.41, 5.74) is 3.76. The van der Waals surface area contributed by atoms with Crippen molar-refractivity contribution in [3.63, 3.8) is 0 Å². The first kappa shape index (κ1) is 20.8. The highest BCUT2D eigenvalue weighted by atomic mass is 19.1. The Balaban J connectivity index is 1.52. The summed E-state index contributed by atoms with van der Waals surface area (Å²) < 4.78 is 29.1. The summed E-state index contributed by atoms with van der Waals surface area (Å²) >= 11 is 0. The minimum Gasteiger partial charge on any atom is -0.399 e. The number of hydrogen-bond donors (Lipinski definition) is 0. The lowest BCUT2D eigenvalue weighted by Crippen LogP contribution is -2.43. The largest absolute Gasteiger partial charge is 0.495 e. The SMILES string of the molecule is [CH2]c1c(B2OC(C)(C)C(C)(C)O2)cc(F)cc1N1CCn2c(cc3c2CCCC3)C1=O. The van der Waals surface area contributed by atoms with Gasteiger partial charge in [0.05, 0.1) is 11.2 Å². The highest BCUT2D eigenvalue weighted by molar-refractivity contribution is 6.63. The van der Waals surface area contributed by atoms with Crippen LogP contribution in [-0.4, -0.2) is 35.3 Å². The van der Waals surface area contributed by atoms with Crippen LogP contribution >= 0.6 is 0 Å². The number of carbonyl (C=O) groups is 1. The van der Waals surface area contributed by atoms with Crippen molar-refractivity contribution in [3.05, 3.63) is 53.5 Å². The van der Waals surface area contributed by atoms with Crippen LogP contribution < -0.4 is 10.4 Å². The highest BCUT2D eigenvalue weighted by Crippen LogP contribution is 2.38. The van der Waals surface area contributed by atoms with E-state index < -0.39 is 24.1 Å². The number of rotatable bonds is 2. The van der Waals surface area contributed by atoms with E-state index in [-0.39, 0.29) is 5.91 Å². The van der Waals surface area contributed by atoms with Gasteiger partial charge in [-0.3, -0.25) is 4.79 Å². The fourth-order valence-electron chi connectivity index (χ4n) is 4.93. The second kappa shape index (κ2) is 6.94. The zero-order chi connectivity index (χ0) is 22.1. The molecule has 0 N–H and O–H groups in total. The topological polar surface area (TPSA) is 43.7 Å². The third-order valence-corrected chi connectivity index (χ3v) is 7.44. The number of halogens is 1. The van der Waals surface area contributed by atoms with Crippen LogP contribution in [-0.2, 0) is 28.7 Å². The number of carbonyl (C=O) groups excluding carboxylic acids is 1. The minimum absolute atomic E-state index is 0.101. The number of hydrogen-bond acceptors (Lipinski definition) is 3. The number of aromatic nitrogens is 1. The zero-order valence-electron chi connectivity index (χ0n) is 18.8. The number of anilines is 1. The molecule has 163 valence electrons. The van der Waals surface area contributed by atoms with Crippen molar-refractivity contribution in [1.82, 2.24) is 4.57 Å². The highest BCUT2D eigenvalue weighted by Gasteiger charge is 2.52. The van der Waals surface area contributed by atoms with Gasteiger partial charge in [-0.1, -0.05) is 0 Å². The first-order valence-electron chi connectivity index (χ1n) is 11.1. The van der Waals surface area contributed by atoms with Crippen molar-refractivity contribution in [1.29, 1.82) is 0 Å². The summed E-state index contributed by atoms with van der Waals surface area (Å²) in [6.07, 6.45) is 4.38. The molecule has 1 aliphatic carbocycles. The molecule has 5 nitrogen and oxygen atoms in total. The van der Waals surface area contributed by atoms with Gasteiger partial charge >= 0.3 is 7.12 Å². The van der Waals surface area contributed by atoms with Gasteiger partial charge in [-0.05, 0) is 95.1 Å². The Kier molecular flexibility index (Phi) is 4.65. The van der Waals surface area contributed by atoms with Crippen LogP contribution in [0.2, 0.25) is 0 Å². The average molecular weight is 423 g/mol. The van der Waals surface area contributed by atoms with Gasteiger partial charge in [-0.2, -0.15) is 0 Å². The van der Waals surface area contributed by atoms with E-state index in [1.807, 2.05) is 33.8 Å². The summed E-state index contributed by atoms with van der Waals surface area (Å²) in [5, 5.41) is 0. The van der Waals surface area contributed by atoms with Crippen molar-refractivity contribution >= 4 is 24.2 Å². The number of benzene rings is 1. The molecule has 1 saturated heterocycles. The van der Waals surface area contributed by atoms with Gasteiger partial charge in [0, 0.05) is 24.5 Å². The summed E-state index contributed by atoms with van der Waals surface area (Å²) in [6.45, 7) is 13.2. The van der Waals surface area contributed by atoms with Gasteiger partial charge < -0.3 is 18.8 Å². The predicted molar refractivity (Wildman–Crippen MR) is 119 cm³/mol. The van der Waals surface area contributed by atoms with Crippen LogP contribution in [0.1, 0.15) is 67.8 Å². The summed E-state index contributed by atoms with van der Waals surface area (Å²) in [7, 11) is -0.733. The lowest BCUT2D eigenvalue weighted by molar-refractivity contribution is 0.00578. The zero-order valence-corrected chi connectivity index (χ0v) is 18.8. The lowest BCUT2D eigenvalue weighted by Gasteiger charge is -2.32. The number of aryl methyl sites for hydroxylation is 1. The lowest BCUT2D eigenvalue weighted by atomic mass is 9.75. The standard InChI is InChI=1S/C24H29BFN2O3/c1-15-18(25-30-23(2,3)24(4,5)31-25)13-17(26)14-20(15)28-11-10-27-19-9-7-6-8-16(19)12-21(27)22(28)29/h12-14H,1,6-11H2,2-5H3. The van der Waals surface area contributed by atoms with Crippen LogP contribution in [0.25, 0.3) is 0 Å². The Morgan fingerprint density at radius 2 is 1.71 bits per heavy atom. The van der Waals surface area contributed by atoms with E-state index in [9.17, 15) is 9.18 Å².